The Hall–Kier alpha value is -0.0800. The zero-order chi connectivity index (χ0) is 8.99. The highest BCUT2D eigenvalue weighted by atomic mass is 16.2. The summed E-state index contributed by atoms with van der Waals surface area (Å²) in [5, 5.41) is 7.57. The summed E-state index contributed by atoms with van der Waals surface area (Å²) in [6, 6.07) is 0. The molecule has 0 aliphatic carbocycles. The van der Waals surface area contributed by atoms with E-state index in [0.29, 0.717) is 0 Å². The molecule has 0 radical (unpaired) electrons. The molecule has 0 aliphatic heterocycles. The largest absolute Gasteiger partial charge is 0.397 e. The van der Waals surface area contributed by atoms with Crippen molar-refractivity contribution in [2.45, 2.75) is 27.7 Å². The molecule has 2 nitrogen and oxygen atoms in total. The first-order valence-corrected chi connectivity index (χ1v) is 3.94. The minimum absolute atomic E-state index is 0.250. The minimum atomic E-state index is 0.250. The average molecular weight is 149 g/mol. The molecule has 0 amide bonds. The predicted molar refractivity (Wildman–Crippen MR) is 48.3 cm³/mol. The second kappa shape index (κ2) is 23.1. The van der Waals surface area contributed by atoms with Gasteiger partial charge in [-0.2, -0.15) is 0 Å². The maximum absolute atomic E-state index is 7.57. The van der Waals surface area contributed by atoms with Crippen LogP contribution in [0.5, 0.6) is 0 Å². The van der Waals surface area contributed by atoms with Crippen molar-refractivity contribution in [2.75, 3.05) is 27.2 Å². The first-order chi connectivity index (χ1) is 4.68. The molecule has 0 aromatic rings. The SMILES string of the molecule is CC.CCN(C)C.CCO. The standard InChI is InChI=1S/C4H11N.C2H6O.C2H6/c1-4-5(2)3;1-2-3;1-2/h4H2,1-3H3;3H,2H2,1H3;1-2H3. The van der Waals surface area contributed by atoms with Crippen molar-refractivity contribution in [3.63, 3.8) is 0 Å². The molecule has 0 atom stereocenters. The number of hydrogen-bond acceptors (Lipinski definition) is 2. The third-order valence-electron chi connectivity index (χ3n) is 0.632. The van der Waals surface area contributed by atoms with Gasteiger partial charge in [0.05, 0.1) is 0 Å². The molecule has 0 bridgehead atoms. The Morgan fingerprint density at radius 2 is 1.20 bits per heavy atom. The smallest absolute Gasteiger partial charge is 0.0402 e. The summed E-state index contributed by atoms with van der Waals surface area (Å²) in [6.45, 7) is 9.19. The summed E-state index contributed by atoms with van der Waals surface area (Å²) in [7, 11) is 4.11. The van der Waals surface area contributed by atoms with Crippen molar-refractivity contribution in [1.29, 1.82) is 0 Å². The van der Waals surface area contributed by atoms with Crippen LogP contribution in [0.1, 0.15) is 27.7 Å². The third kappa shape index (κ3) is 103. The highest BCUT2D eigenvalue weighted by Crippen LogP contribution is 1.63. The van der Waals surface area contributed by atoms with E-state index in [0.717, 1.165) is 6.54 Å². The molecule has 0 aromatic heterocycles. The molecule has 66 valence electrons. The fraction of sp³-hybridized carbons (Fsp3) is 1.00. The lowest BCUT2D eigenvalue weighted by molar-refractivity contribution is 0.318. The van der Waals surface area contributed by atoms with Gasteiger partial charge in [0, 0.05) is 6.61 Å². The zero-order valence-corrected chi connectivity index (χ0v) is 8.31. The lowest BCUT2D eigenvalue weighted by Gasteiger charge is -2.00. The Kier molecular flexibility index (Phi) is 38.1. The fourth-order valence-corrected chi connectivity index (χ4v) is 0. The summed E-state index contributed by atoms with van der Waals surface area (Å²) in [4.78, 5) is 2.12. The van der Waals surface area contributed by atoms with Gasteiger partial charge in [-0.3, -0.25) is 0 Å². The summed E-state index contributed by atoms with van der Waals surface area (Å²) in [5.41, 5.74) is 0. The lowest BCUT2D eigenvalue weighted by atomic mass is 10.7. The van der Waals surface area contributed by atoms with E-state index in [1.807, 2.05) is 13.8 Å². The lowest BCUT2D eigenvalue weighted by Crippen LogP contribution is -2.08. The van der Waals surface area contributed by atoms with Crippen molar-refractivity contribution in [2.24, 2.45) is 0 Å². The highest BCUT2D eigenvalue weighted by Gasteiger charge is 1.72. The van der Waals surface area contributed by atoms with Crippen molar-refractivity contribution < 1.29 is 5.11 Å². The topological polar surface area (TPSA) is 23.5 Å². The maximum atomic E-state index is 7.57. The molecule has 0 aromatic carbocycles. The number of aliphatic hydroxyl groups is 1. The average Bonchev–Trinajstić information content (AvgIpc) is 1.94. The van der Waals surface area contributed by atoms with Gasteiger partial charge >= 0.3 is 0 Å². The molecular weight excluding hydrogens is 126 g/mol. The summed E-state index contributed by atoms with van der Waals surface area (Å²) in [6.07, 6.45) is 0. The van der Waals surface area contributed by atoms with Gasteiger partial charge in [0.2, 0.25) is 0 Å². The Morgan fingerprint density at radius 3 is 1.20 bits per heavy atom. The monoisotopic (exact) mass is 149 g/mol. The van der Waals surface area contributed by atoms with Crippen molar-refractivity contribution in [1.82, 2.24) is 4.90 Å². The fourth-order valence-electron chi connectivity index (χ4n) is 0. The zero-order valence-electron chi connectivity index (χ0n) is 8.31. The maximum Gasteiger partial charge on any atom is 0.0402 e. The number of nitrogens with zero attached hydrogens (tertiary/aromatic N) is 1. The van der Waals surface area contributed by atoms with E-state index in [1.165, 1.54) is 0 Å². The van der Waals surface area contributed by atoms with Crippen LogP contribution in [0.15, 0.2) is 0 Å². The van der Waals surface area contributed by atoms with Crippen LogP contribution in [-0.2, 0) is 0 Å². The van der Waals surface area contributed by atoms with Gasteiger partial charge in [-0.1, -0.05) is 20.8 Å². The van der Waals surface area contributed by atoms with Crippen molar-refractivity contribution in [3.05, 3.63) is 0 Å². The van der Waals surface area contributed by atoms with E-state index < -0.39 is 0 Å². The minimum Gasteiger partial charge on any atom is -0.397 e. The van der Waals surface area contributed by atoms with Crippen LogP contribution < -0.4 is 0 Å². The molecule has 1 N–H and O–H groups in total. The van der Waals surface area contributed by atoms with E-state index >= 15 is 0 Å². The number of aliphatic hydroxyl groups excluding tert-OH is 1. The van der Waals surface area contributed by atoms with E-state index in [9.17, 15) is 0 Å². The highest BCUT2D eigenvalue weighted by molar-refractivity contribution is 4.25. The molecule has 10 heavy (non-hydrogen) atoms. The molecule has 0 rings (SSSR count). The Balaban J connectivity index is -0.0000000847. The van der Waals surface area contributed by atoms with Crippen molar-refractivity contribution in [3.8, 4) is 0 Å². The van der Waals surface area contributed by atoms with Gasteiger partial charge in [-0.05, 0) is 27.6 Å². The summed E-state index contributed by atoms with van der Waals surface area (Å²) < 4.78 is 0. The Bertz CT molecular complexity index is 30.4. The van der Waals surface area contributed by atoms with E-state index in [4.69, 9.17) is 5.11 Å². The molecule has 0 saturated carbocycles. The van der Waals surface area contributed by atoms with Gasteiger partial charge in [0.1, 0.15) is 0 Å². The Morgan fingerprint density at radius 1 is 1.10 bits per heavy atom. The summed E-state index contributed by atoms with van der Waals surface area (Å²) >= 11 is 0. The molecule has 2 heteroatoms. The van der Waals surface area contributed by atoms with Crippen LogP contribution in [0.2, 0.25) is 0 Å². The first kappa shape index (κ1) is 16.5. The molecule has 0 unspecified atom stereocenters. The molecule has 0 heterocycles. The van der Waals surface area contributed by atoms with Gasteiger partial charge in [-0.25, -0.2) is 0 Å². The van der Waals surface area contributed by atoms with Crippen LogP contribution in [0, 0.1) is 0 Å². The molecular formula is C8H23NO. The van der Waals surface area contributed by atoms with Gasteiger partial charge in [0.15, 0.2) is 0 Å². The van der Waals surface area contributed by atoms with E-state index in [1.54, 1.807) is 6.92 Å². The molecule has 0 aliphatic rings. The van der Waals surface area contributed by atoms with Gasteiger partial charge < -0.3 is 10.0 Å². The number of hydrogen-bond donors (Lipinski definition) is 1. The second-order valence-electron chi connectivity index (χ2n) is 1.71. The third-order valence-corrected chi connectivity index (χ3v) is 0.632. The molecule has 0 spiro atoms. The van der Waals surface area contributed by atoms with Gasteiger partial charge in [-0.15, -0.1) is 0 Å². The van der Waals surface area contributed by atoms with Crippen molar-refractivity contribution >= 4 is 0 Å². The molecule has 0 saturated heterocycles. The van der Waals surface area contributed by atoms with Gasteiger partial charge in [0.25, 0.3) is 0 Å². The van der Waals surface area contributed by atoms with Crippen LogP contribution in [0.4, 0.5) is 0 Å². The second-order valence-corrected chi connectivity index (χ2v) is 1.71. The van der Waals surface area contributed by atoms with Crippen LogP contribution in [0.3, 0.4) is 0 Å². The normalized spacial score (nSPS) is 7.20. The van der Waals surface area contributed by atoms with E-state index in [-0.39, 0.29) is 6.61 Å². The van der Waals surface area contributed by atoms with Crippen LogP contribution in [-0.4, -0.2) is 37.3 Å². The molecule has 0 fully saturated rings. The van der Waals surface area contributed by atoms with E-state index in [2.05, 4.69) is 25.9 Å². The van der Waals surface area contributed by atoms with Crippen LogP contribution >= 0.6 is 0 Å². The predicted octanol–water partition coefficient (Wildman–Crippen LogP) is 1.59. The summed E-state index contributed by atoms with van der Waals surface area (Å²) in [5.74, 6) is 0. The first-order valence-electron chi connectivity index (χ1n) is 3.94. The number of rotatable bonds is 1. The van der Waals surface area contributed by atoms with Crippen LogP contribution in [0.25, 0.3) is 0 Å². The Labute approximate surface area is 65.9 Å². The quantitative estimate of drug-likeness (QED) is 0.612.